The van der Waals surface area contributed by atoms with Crippen molar-refractivity contribution >= 4 is 22.9 Å². The number of ether oxygens (including phenoxy) is 3. The maximum Gasteiger partial charge on any atom is 0.402 e. The molecule has 5 atom stereocenters. The number of aliphatic hydroxyl groups is 3. The van der Waals surface area contributed by atoms with Crippen molar-refractivity contribution in [1.29, 1.82) is 0 Å². The van der Waals surface area contributed by atoms with Crippen molar-refractivity contribution in [2.75, 3.05) is 6.61 Å². The number of carboxylic acids is 1. The van der Waals surface area contributed by atoms with Crippen LogP contribution in [0.2, 0.25) is 0 Å². The van der Waals surface area contributed by atoms with Crippen molar-refractivity contribution < 1.29 is 69.1 Å². The van der Waals surface area contributed by atoms with E-state index in [0.717, 1.165) is 18.2 Å². The molecule has 0 spiro atoms. The van der Waals surface area contributed by atoms with Gasteiger partial charge in [-0.3, -0.25) is 9.59 Å². The second-order valence-electron chi connectivity index (χ2n) is 8.73. The molecule has 4 rings (SSSR count). The summed E-state index contributed by atoms with van der Waals surface area (Å²) >= 11 is 0. The van der Waals surface area contributed by atoms with Gasteiger partial charge in [-0.15, -0.1) is 0 Å². The number of esters is 1. The molecular formula is C25H25O14+. The highest BCUT2D eigenvalue weighted by Crippen LogP contribution is 2.42. The van der Waals surface area contributed by atoms with Crippen LogP contribution < -0.4 is 4.74 Å². The second kappa shape index (κ2) is 11.2. The molecule has 208 valence electrons. The molecule has 1 aromatic heterocycles. The van der Waals surface area contributed by atoms with Crippen LogP contribution in [-0.2, 0) is 19.1 Å². The highest BCUT2D eigenvalue weighted by atomic mass is 16.7. The lowest BCUT2D eigenvalue weighted by Gasteiger charge is -2.39. The van der Waals surface area contributed by atoms with Gasteiger partial charge in [-0.1, -0.05) is 0 Å². The SMILES string of the molecule is O=C(O)CCC(=O)OCC1OC(Oc2cc3c(O)cc(O)cc3[o+]c2-c2ccc(O)c(O)c2)C(O)C(O)C1O. The lowest BCUT2D eigenvalue weighted by atomic mass is 9.99. The molecule has 1 saturated heterocycles. The van der Waals surface area contributed by atoms with Gasteiger partial charge in [0.25, 0.3) is 0 Å². The summed E-state index contributed by atoms with van der Waals surface area (Å²) in [5, 5.41) is 79.8. The lowest BCUT2D eigenvalue weighted by molar-refractivity contribution is -0.278. The van der Waals surface area contributed by atoms with Crippen molar-refractivity contribution in [2.24, 2.45) is 0 Å². The third-order valence-electron chi connectivity index (χ3n) is 5.92. The number of carbonyl (C=O) groups is 2. The Morgan fingerprint density at radius 2 is 1.62 bits per heavy atom. The third kappa shape index (κ3) is 6.04. The Hall–Kier alpha value is -4.37. The molecule has 0 bridgehead atoms. The molecule has 1 fully saturated rings. The zero-order valence-corrected chi connectivity index (χ0v) is 20.0. The number of phenolic OH excluding ortho intramolecular Hbond substituents is 4. The van der Waals surface area contributed by atoms with Crippen molar-refractivity contribution in [3.63, 3.8) is 0 Å². The largest absolute Gasteiger partial charge is 0.507 e. The Labute approximate surface area is 219 Å². The highest BCUT2D eigenvalue weighted by molar-refractivity contribution is 5.88. The molecule has 0 radical (unpaired) electrons. The van der Waals surface area contributed by atoms with E-state index in [9.17, 15) is 45.3 Å². The minimum atomic E-state index is -1.83. The van der Waals surface area contributed by atoms with Crippen LogP contribution in [0.3, 0.4) is 0 Å². The number of fused-ring (bicyclic) bond motifs is 1. The maximum absolute atomic E-state index is 11.8. The van der Waals surface area contributed by atoms with Crippen LogP contribution in [0.4, 0.5) is 0 Å². The van der Waals surface area contributed by atoms with Crippen LogP contribution in [-0.4, -0.2) is 90.1 Å². The third-order valence-corrected chi connectivity index (χ3v) is 5.92. The maximum atomic E-state index is 11.8. The summed E-state index contributed by atoms with van der Waals surface area (Å²) < 4.78 is 22.1. The molecule has 1 aliphatic heterocycles. The highest BCUT2D eigenvalue weighted by Gasteiger charge is 2.46. The molecule has 2 aromatic carbocycles. The Balaban J connectivity index is 1.66. The Morgan fingerprint density at radius 3 is 2.31 bits per heavy atom. The summed E-state index contributed by atoms with van der Waals surface area (Å²) in [5.41, 5.74) is 0.147. The first-order chi connectivity index (χ1) is 18.4. The molecule has 14 heteroatoms. The first kappa shape index (κ1) is 27.7. The number of carbonyl (C=O) groups excluding carboxylic acids is 1. The van der Waals surface area contributed by atoms with E-state index >= 15 is 0 Å². The summed E-state index contributed by atoms with van der Waals surface area (Å²) in [6.45, 7) is -0.607. The van der Waals surface area contributed by atoms with Gasteiger partial charge < -0.3 is 55.1 Å². The van der Waals surface area contributed by atoms with Gasteiger partial charge in [0.15, 0.2) is 11.5 Å². The molecule has 1 aliphatic rings. The number of benzene rings is 2. The number of rotatable bonds is 8. The molecule has 39 heavy (non-hydrogen) atoms. The molecule has 14 nitrogen and oxygen atoms in total. The topological polar surface area (TPSA) is 235 Å². The first-order valence-corrected chi connectivity index (χ1v) is 11.5. The average molecular weight is 549 g/mol. The van der Waals surface area contributed by atoms with Gasteiger partial charge in [0.05, 0.1) is 24.5 Å². The van der Waals surface area contributed by atoms with Gasteiger partial charge in [0, 0.05) is 18.2 Å². The number of aliphatic hydroxyl groups excluding tert-OH is 3. The van der Waals surface area contributed by atoms with E-state index in [4.69, 9.17) is 23.7 Å². The molecule has 0 saturated carbocycles. The van der Waals surface area contributed by atoms with Crippen LogP contribution in [0.1, 0.15) is 12.8 Å². The van der Waals surface area contributed by atoms with E-state index < -0.39 is 79.3 Å². The molecule has 5 unspecified atom stereocenters. The minimum absolute atomic E-state index is 0.00543. The van der Waals surface area contributed by atoms with E-state index in [1.54, 1.807) is 0 Å². The van der Waals surface area contributed by atoms with Gasteiger partial charge in [0.2, 0.25) is 12.0 Å². The van der Waals surface area contributed by atoms with E-state index in [0.29, 0.717) is 0 Å². The number of phenols is 4. The van der Waals surface area contributed by atoms with Crippen molar-refractivity contribution in [3.05, 3.63) is 36.4 Å². The van der Waals surface area contributed by atoms with Crippen molar-refractivity contribution in [1.82, 2.24) is 0 Å². The van der Waals surface area contributed by atoms with Crippen molar-refractivity contribution in [3.8, 4) is 40.1 Å². The zero-order valence-electron chi connectivity index (χ0n) is 20.0. The Morgan fingerprint density at radius 1 is 0.872 bits per heavy atom. The summed E-state index contributed by atoms with van der Waals surface area (Å²) in [5.74, 6) is -4.08. The lowest BCUT2D eigenvalue weighted by Crippen LogP contribution is -2.60. The summed E-state index contributed by atoms with van der Waals surface area (Å²) in [7, 11) is 0. The number of hydrogen-bond acceptors (Lipinski definition) is 12. The number of aromatic hydroxyl groups is 4. The Bertz CT molecular complexity index is 1390. The molecular weight excluding hydrogens is 524 g/mol. The fraction of sp³-hybridized carbons (Fsp3) is 0.320. The van der Waals surface area contributed by atoms with Crippen LogP contribution in [0.25, 0.3) is 22.3 Å². The van der Waals surface area contributed by atoms with Crippen molar-refractivity contribution in [2.45, 2.75) is 43.5 Å². The zero-order chi connectivity index (χ0) is 28.4. The summed E-state index contributed by atoms with van der Waals surface area (Å²) in [6, 6.07) is 7.14. The predicted octanol–water partition coefficient (Wildman–Crippen LogP) is 0.798. The van der Waals surface area contributed by atoms with Gasteiger partial charge in [-0.05, 0) is 12.1 Å². The van der Waals surface area contributed by atoms with E-state index in [1.807, 2.05) is 0 Å². The predicted molar refractivity (Wildman–Crippen MR) is 128 cm³/mol. The summed E-state index contributed by atoms with van der Waals surface area (Å²) in [4.78, 5) is 22.4. The van der Waals surface area contributed by atoms with E-state index in [2.05, 4.69) is 0 Å². The molecule has 2 heterocycles. The fourth-order valence-corrected chi connectivity index (χ4v) is 3.87. The van der Waals surface area contributed by atoms with Crippen LogP contribution in [0.15, 0.2) is 40.8 Å². The van der Waals surface area contributed by atoms with Gasteiger partial charge in [0.1, 0.15) is 47.9 Å². The monoisotopic (exact) mass is 549 g/mol. The van der Waals surface area contributed by atoms with Crippen LogP contribution in [0, 0.1) is 0 Å². The number of aliphatic carboxylic acids is 1. The Kier molecular flexibility index (Phi) is 7.92. The van der Waals surface area contributed by atoms with Crippen LogP contribution >= 0.6 is 0 Å². The van der Waals surface area contributed by atoms with E-state index in [-0.39, 0.29) is 33.8 Å². The fourth-order valence-electron chi connectivity index (χ4n) is 3.87. The van der Waals surface area contributed by atoms with Gasteiger partial charge >= 0.3 is 23.3 Å². The smallest absolute Gasteiger partial charge is 0.402 e. The van der Waals surface area contributed by atoms with Crippen LogP contribution in [0.5, 0.6) is 28.7 Å². The van der Waals surface area contributed by atoms with E-state index in [1.165, 1.54) is 18.2 Å². The molecule has 0 amide bonds. The number of hydrogen-bond donors (Lipinski definition) is 8. The first-order valence-electron chi connectivity index (χ1n) is 11.5. The standard InChI is InChI=1S/C25H24O14/c26-11-6-14(28)12-8-17(24(37-16(12)7-11)10-1-2-13(27)15(29)5-10)38-25-23(35)22(34)21(33)18(39-25)9-36-20(32)4-3-19(30)31/h1-2,5-8,18,21-23,25,33-35H,3-4,9H2,(H4-,26,27,28,29,30,31)/p+1. The molecule has 0 aliphatic carbocycles. The molecule has 8 N–H and O–H groups in total. The summed E-state index contributed by atoms with van der Waals surface area (Å²) in [6.07, 6.45) is -9.38. The second-order valence-corrected chi connectivity index (χ2v) is 8.73. The normalized spacial score (nSPS) is 22.9. The quantitative estimate of drug-likeness (QED) is 0.110. The molecule has 3 aromatic rings. The average Bonchev–Trinajstić information content (AvgIpc) is 2.88. The van der Waals surface area contributed by atoms with Gasteiger partial charge in [-0.2, -0.15) is 0 Å². The number of carboxylic acid groups (broad SMARTS) is 1. The minimum Gasteiger partial charge on any atom is -0.507 e. The van der Waals surface area contributed by atoms with Gasteiger partial charge in [-0.25, -0.2) is 4.42 Å².